The second-order valence-corrected chi connectivity index (χ2v) is 9.52. The van der Waals surface area contributed by atoms with Crippen molar-refractivity contribution >= 4 is 23.5 Å². The molecule has 202 valence electrons. The average molecular weight is 525 g/mol. The van der Waals surface area contributed by atoms with E-state index in [1.54, 1.807) is 50.4 Å². The van der Waals surface area contributed by atoms with Crippen molar-refractivity contribution < 1.29 is 38.1 Å². The number of esters is 1. The van der Waals surface area contributed by atoms with Gasteiger partial charge in [-0.2, -0.15) is 0 Å². The Morgan fingerprint density at radius 3 is 2.47 bits per heavy atom. The van der Waals surface area contributed by atoms with Crippen molar-refractivity contribution in [2.75, 3.05) is 38.9 Å². The van der Waals surface area contributed by atoms with Crippen LogP contribution in [0.25, 0.3) is 0 Å². The number of ether oxygens (including phenoxy) is 5. The van der Waals surface area contributed by atoms with Crippen molar-refractivity contribution in [1.82, 2.24) is 5.32 Å². The summed E-state index contributed by atoms with van der Waals surface area (Å²) in [5.74, 6) is -1.18. The molecule has 3 aliphatic heterocycles. The van der Waals surface area contributed by atoms with Gasteiger partial charge in [0.2, 0.25) is 11.8 Å². The number of hydrogen-bond donors (Lipinski definition) is 1. The Morgan fingerprint density at radius 2 is 1.79 bits per heavy atom. The average Bonchev–Trinajstić information content (AvgIpc) is 3.41. The summed E-state index contributed by atoms with van der Waals surface area (Å²) >= 11 is 0. The summed E-state index contributed by atoms with van der Waals surface area (Å²) in [7, 11) is 3.08. The van der Waals surface area contributed by atoms with Gasteiger partial charge < -0.3 is 23.7 Å². The number of hydrogen-bond acceptors (Lipinski definition) is 9. The van der Waals surface area contributed by atoms with Crippen molar-refractivity contribution in [2.45, 2.75) is 38.3 Å². The molecule has 0 saturated carbocycles. The minimum absolute atomic E-state index is 0.147. The summed E-state index contributed by atoms with van der Waals surface area (Å²) in [6.45, 7) is 4.59. The van der Waals surface area contributed by atoms with E-state index >= 15 is 0 Å². The van der Waals surface area contributed by atoms with Crippen LogP contribution in [0.1, 0.15) is 38.3 Å². The first-order chi connectivity index (χ1) is 18.4. The monoisotopic (exact) mass is 524 g/mol. The van der Waals surface area contributed by atoms with Crippen molar-refractivity contribution in [3.63, 3.8) is 0 Å². The molecular weight excluding hydrogens is 492 g/mol. The van der Waals surface area contributed by atoms with Crippen LogP contribution in [0, 0.1) is 11.8 Å². The van der Waals surface area contributed by atoms with Crippen LogP contribution in [-0.2, 0) is 19.1 Å². The van der Waals surface area contributed by atoms with Crippen molar-refractivity contribution in [1.29, 1.82) is 0 Å². The summed E-state index contributed by atoms with van der Waals surface area (Å²) in [6.07, 6.45) is 0.906. The zero-order chi connectivity index (χ0) is 27.0. The van der Waals surface area contributed by atoms with Gasteiger partial charge in [-0.15, -0.1) is 0 Å². The molecule has 0 aliphatic carbocycles. The smallest absolute Gasteiger partial charge is 0.327 e. The minimum atomic E-state index is -1.39. The summed E-state index contributed by atoms with van der Waals surface area (Å²) in [4.78, 5) is 43.0. The van der Waals surface area contributed by atoms with Gasteiger partial charge in [-0.3, -0.25) is 19.7 Å². The van der Waals surface area contributed by atoms with Crippen molar-refractivity contribution in [2.24, 2.45) is 11.8 Å². The summed E-state index contributed by atoms with van der Waals surface area (Å²) < 4.78 is 27.8. The zero-order valence-electron chi connectivity index (χ0n) is 21.9. The molecular formula is C28H32N2O8. The Labute approximate surface area is 221 Å². The second-order valence-electron chi connectivity index (χ2n) is 9.52. The van der Waals surface area contributed by atoms with Gasteiger partial charge in [0, 0.05) is 23.7 Å². The molecule has 0 bridgehead atoms. The number of imide groups is 1. The van der Waals surface area contributed by atoms with E-state index in [2.05, 4.69) is 5.32 Å². The van der Waals surface area contributed by atoms with E-state index in [-0.39, 0.29) is 6.61 Å². The predicted molar refractivity (Wildman–Crippen MR) is 137 cm³/mol. The standard InChI is InChI=1S/C28H32N2O8/c1-5-11-28(27(33)36-6-2)23-22(24(29-28)18-9-8-17(34-3)15-20(18)35-4)25(31)30(26(23)32)16-7-10-19-21(14-16)38-13-12-37-19/h7-10,14-15,22-24,29H,5-6,11-13H2,1-4H3/t22-,23+,24-,28+/m1/s1. The van der Waals surface area contributed by atoms with E-state index in [0.717, 1.165) is 0 Å². The van der Waals surface area contributed by atoms with E-state index in [4.69, 9.17) is 23.7 Å². The van der Waals surface area contributed by atoms with Crippen LogP contribution in [0.4, 0.5) is 5.69 Å². The molecule has 4 atom stereocenters. The number of nitrogens with zero attached hydrogens (tertiary/aromatic N) is 1. The highest BCUT2D eigenvalue weighted by Crippen LogP contribution is 2.53. The Bertz CT molecular complexity index is 1260. The molecule has 3 heterocycles. The Hall–Kier alpha value is -3.79. The molecule has 0 unspecified atom stereocenters. The quantitative estimate of drug-likeness (QED) is 0.411. The van der Waals surface area contributed by atoms with E-state index < -0.39 is 41.2 Å². The number of rotatable bonds is 8. The molecule has 2 aromatic carbocycles. The highest BCUT2D eigenvalue weighted by atomic mass is 16.6. The first-order valence-electron chi connectivity index (χ1n) is 12.8. The molecule has 10 nitrogen and oxygen atoms in total. The zero-order valence-corrected chi connectivity index (χ0v) is 21.9. The Morgan fingerprint density at radius 1 is 1.03 bits per heavy atom. The lowest BCUT2D eigenvalue weighted by Crippen LogP contribution is -2.56. The minimum Gasteiger partial charge on any atom is -0.497 e. The van der Waals surface area contributed by atoms with E-state index in [9.17, 15) is 14.4 Å². The molecule has 2 aromatic rings. The first kappa shape index (κ1) is 25.8. The van der Waals surface area contributed by atoms with Crippen LogP contribution in [-0.4, -0.2) is 57.4 Å². The number of anilines is 1. The summed E-state index contributed by atoms with van der Waals surface area (Å²) in [5, 5.41) is 3.39. The summed E-state index contributed by atoms with van der Waals surface area (Å²) in [6, 6.07) is 9.57. The third-order valence-electron chi connectivity index (χ3n) is 7.50. The van der Waals surface area contributed by atoms with Crippen molar-refractivity contribution in [3.05, 3.63) is 42.0 Å². The van der Waals surface area contributed by atoms with Gasteiger partial charge in [0.25, 0.3) is 0 Å². The highest BCUT2D eigenvalue weighted by Gasteiger charge is 2.69. The number of fused-ring (bicyclic) bond motifs is 2. The SMILES string of the molecule is CCC[C@]1(C(=O)OCC)N[C@H](c2ccc(OC)cc2OC)[C@@H]2C(=O)N(c3ccc4c(c3)OCCO4)C(=O)[C@H]21. The van der Waals surface area contributed by atoms with Gasteiger partial charge in [-0.1, -0.05) is 19.4 Å². The molecule has 3 aliphatic rings. The number of carbonyl (C=O) groups is 3. The fraction of sp³-hybridized carbons (Fsp3) is 0.464. The van der Waals surface area contributed by atoms with E-state index in [0.29, 0.717) is 60.3 Å². The van der Waals surface area contributed by atoms with Crippen molar-refractivity contribution in [3.8, 4) is 23.0 Å². The van der Waals surface area contributed by atoms with E-state index in [1.807, 2.05) is 6.92 Å². The largest absolute Gasteiger partial charge is 0.497 e. The maximum atomic E-state index is 14.1. The molecule has 2 saturated heterocycles. The Kier molecular flexibility index (Phi) is 6.92. The van der Waals surface area contributed by atoms with Crippen LogP contribution >= 0.6 is 0 Å². The fourth-order valence-corrected chi connectivity index (χ4v) is 5.94. The number of methoxy groups -OCH3 is 2. The number of carbonyl (C=O) groups excluding carboxylic acids is 3. The lowest BCUT2D eigenvalue weighted by Gasteiger charge is -2.33. The number of nitrogens with one attached hydrogen (secondary N) is 1. The molecule has 10 heteroatoms. The molecule has 1 N–H and O–H groups in total. The van der Waals surface area contributed by atoms with Crippen LogP contribution in [0.15, 0.2) is 36.4 Å². The van der Waals surface area contributed by atoms with Crippen LogP contribution < -0.4 is 29.2 Å². The maximum Gasteiger partial charge on any atom is 0.327 e. The normalized spacial score (nSPS) is 25.8. The van der Waals surface area contributed by atoms with Gasteiger partial charge >= 0.3 is 5.97 Å². The van der Waals surface area contributed by atoms with Crippen LogP contribution in [0.3, 0.4) is 0 Å². The molecule has 5 rings (SSSR count). The fourth-order valence-electron chi connectivity index (χ4n) is 5.94. The molecule has 0 spiro atoms. The third-order valence-corrected chi connectivity index (χ3v) is 7.50. The van der Waals surface area contributed by atoms with Crippen LogP contribution in [0.2, 0.25) is 0 Å². The molecule has 0 radical (unpaired) electrons. The predicted octanol–water partition coefficient (Wildman–Crippen LogP) is 3.03. The number of benzene rings is 2. The van der Waals surface area contributed by atoms with Gasteiger partial charge in [0.15, 0.2) is 11.5 Å². The van der Waals surface area contributed by atoms with Gasteiger partial charge in [-0.25, -0.2) is 4.90 Å². The third kappa shape index (κ3) is 3.94. The molecule has 38 heavy (non-hydrogen) atoms. The van der Waals surface area contributed by atoms with E-state index in [1.165, 1.54) is 12.0 Å². The van der Waals surface area contributed by atoms with Gasteiger partial charge in [-0.05, 0) is 31.5 Å². The lowest BCUT2D eigenvalue weighted by molar-refractivity contribution is -0.155. The molecule has 0 aromatic heterocycles. The number of amides is 2. The van der Waals surface area contributed by atoms with Gasteiger partial charge in [0.1, 0.15) is 30.3 Å². The second kappa shape index (κ2) is 10.2. The lowest BCUT2D eigenvalue weighted by atomic mass is 9.77. The Balaban J connectivity index is 1.64. The van der Waals surface area contributed by atoms with Gasteiger partial charge in [0.05, 0.1) is 38.3 Å². The summed E-state index contributed by atoms with van der Waals surface area (Å²) in [5.41, 5.74) is -0.371. The molecule has 2 fully saturated rings. The topological polar surface area (TPSA) is 113 Å². The first-order valence-corrected chi connectivity index (χ1v) is 12.8. The van der Waals surface area contributed by atoms with Crippen LogP contribution in [0.5, 0.6) is 23.0 Å². The molecule has 2 amide bonds. The maximum absolute atomic E-state index is 14.1. The highest BCUT2D eigenvalue weighted by molar-refractivity contribution is 6.24.